The summed E-state index contributed by atoms with van der Waals surface area (Å²) >= 11 is 0. The summed E-state index contributed by atoms with van der Waals surface area (Å²) in [6, 6.07) is 12.1. The molecule has 0 N–H and O–H groups in total. The number of nitro groups is 1. The molecular weight excluding hydrogens is 298 g/mol. The van der Waals surface area contributed by atoms with Gasteiger partial charge in [0.05, 0.1) is 4.92 Å². The predicted octanol–water partition coefficient (Wildman–Crippen LogP) is 3.42. The SMILES string of the molecule is CC(=O)c1ccc(OC(=O)C=Cc2cccc([N+](=O)[O-])c2)cc1. The third-order valence-corrected chi connectivity index (χ3v) is 2.97. The zero-order chi connectivity index (χ0) is 16.8. The third-order valence-electron chi connectivity index (χ3n) is 2.97. The van der Waals surface area contributed by atoms with Crippen molar-refractivity contribution in [2.24, 2.45) is 0 Å². The number of rotatable bonds is 5. The maximum absolute atomic E-state index is 11.7. The highest BCUT2D eigenvalue weighted by molar-refractivity contribution is 5.94. The van der Waals surface area contributed by atoms with Gasteiger partial charge < -0.3 is 4.74 Å². The molecule has 2 rings (SSSR count). The van der Waals surface area contributed by atoms with Crippen LogP contribution in [0.1, 0.15) is 22.8 Å². The third kappa shape index (κ3) is 4.60. The van der Waals surface area contributed by atoms with Crippen molar-refractivity contribution in [2.45, 2.75) is 6.92 Å². The number of hydrogen-bond acceptors (Lipinski definition) is 5. The fourth-order valence-electron chi connectivity index (χ4n) is 1.81. The molecule has 0 aliphatic heterocycles. The van der Waals surface area contributed by atoms with Gasteiger partial charge in [0.1, 0.15) is 5.75 Å². The molecule has 0 spiro atoms. The van der Waals surface area contributed by atoms with Crippen molar-refractivity contribution in [2.75, 3.05) is 0 Å². The molecule has 6 heteroatoms. The van der Waals surface area contributed by atoms with Crippen LogP contribution >= 0.6 is 0 Å². The number of ketones is 1. The number of carbonyl (C=O) groups excluding carboxylic acids is 2. The molecule has 0 radical (unpaired) electrons. The van der Waals surface area contributed by atoms with Crippen LogP contribution in [0.2, 0.25) is 0 Å². The Bertz CT molecular complexity index is 778. The Kier molecular flexibility index (Phi) is 4.99. The Morgan fingerprint density at radius 2 is 1.83 bits per heavy atom. The normalized spacial score (nSPS) is 10.5. The van der Waals surface area contributed by atoms with Crippen molar-refractivity contribution in [3.05, 3.63) is 75.8 Å². The number of carbonyl (C=O) groups is 2. The van der Waals surface area contributed by atoms with Gasteiger partial charge in [-0.2, -0.15) is 0 Å². The van der Waals surface area contributed by atoms with Gasteiger partial charge in [0, 0.05) is 23.8 Å². The van der Waals surface area contributed by atoms with E-state index in [0.717, 1.165) is 0 Å². The van der Waals surface area contributed by atoms with Crippen LogP contribution in [0, 0.1) is 10.1 Å². The van der Waals surface area contributed by atoms with E-state index in [2.05, 4.69) is 0 Å². The minimum absolute atomic E-state index is 0.0552. The predicted molar refractivity (Wildman–Crippen MR) is 84.2 cm³/mol. The quantitative estimate of drug-likeness (QED) is 0.211. The second kappa shape index (κ2) is 7.13. The van der Waals surface area contributed by atoms with Crippen LogP contribution in [0.15, 0.2) is 54.6 Å². The van der Waals surface area contributed by atoms with Crippen LogP contribution < -0.4 is 4.74 Å². The Hall–Kier alpha value is -3.28. The lowest BCUT2D eigenvalue weighted by Crippen LogP contribution is -2.04. The molecule has 0 amide bonds. The highest BCUT2D eigenvalue weighted by Crippen LogP contribution is 2.15. The molecule has 6 nitrogen and oxygen atoms in total. The van der Waals surface area contributed by atoms with Gasteiger partial charge >= 0.3 is 5.97 Å². The van der Waals surface area contributed by atoms with Gasteiger partial charge in [-0.1, -0.05) is 12.1 Å². The molecule has 0 saturated heterocycles. The summed E-state index contributed by atoms with van der Waals surface area (Å²) in [4.78, 5) is 33.0. The average Bonchev–Trinajstić information content (AvgIpc) is 2.53. The smallest absolute Gasteiger partial charge is 0.336 e. The lowest BCUT2D eigenvalue weighted by molar-refractivity contribution is -0.384. The molecule has 0 bridgehead atoms. The monoisotopic (exact) mass is 311 g/mol. The topological polar surface area (TPSA) is 86.5 Å². The number of benzene rings is 2. The highest BCUT2D eigenvalue weighted by Gasteiger charge is 2.05. The summed E-state index contributed by atoms with van der Waals surface area (Å²) in [6.07, 6.45) is 2.61. The summed E-state index contributed by atoms with van der Waals surface area (Å²) in [6.45, 7) is 1.45. The summed E-state index contributed by atoms with van der Waals surface area (Å²) in [5.74, 6) is -0.385. The summed E-state index contributed by atoms with van der Waals surface area (Å²) < 4.78 is 5.08. The molecule has 0 fully saturated rings. The molecule has 0 atom stereocenters. The summed E-state index contributed by atoms with van der Waals surface area (Å²) in [7, 11) is 0. The molecule has 0 saturated carbocycles. The Labute approximate surface area is 132 Å². The van der Waals surface area contributed by atoms with Crippen molar-refractivity contribution in [1.29, 1.82) is 0 Å². The highest BCUT2D eigenvalue weighted by atomic mass is 16.6. The molecule has 2 aromatic carbocycles. The van der Waals surface area contributed by atoms with Crippen LogP contribution in [-0.4, -0.2) is 16.7 Å². The molecule has 23 heavy (non-hydrogen) atoms. The van der Waals surface area contributed by atoms with Gasteiger partial charge in [0.2, 0.25) is 0 Å². The number of nitro benzene ring substituents is 1. The van der Waals surface area contributed by atoms with Crippen molar-refractivity contribution in [3.63, 3.8) is 0 Å². The second-order valence-electron chi connectivity index (χ2n) is 4.69. The van der Waals surface area contributed by atoms with Crippen molar-refractivity contribution in [1.82, 2.24) is 0 Å². The first-order valence-electron chi connectivity index (χ1n) is 6.71. The van der Waals surface area contributed by atoms with E-state index in [1.807, 2.05) is 0 Å². The van der Waals surface area contributed by atoms with Crippen LogP contribution in [-0.2, 0) is 4.79 Å². The van der Waals surface area contributed by atoms with Gasteiger partial charge in [-0.15, -0.1) is 0 Å². The lowest BCUT2D eigenvalue weighted by Gasteiger charge is -2.02. The average molecular weight is 311 g/mol. The molecule has 0 aromatic heterocycles. The standard InChI is InChI=1S/C17H13NO5/c1-12(19)14-6-8-16(9-7-14)23-17(20)10-5-13-3-2-4-15(11-13)18(21)22/h2-11H,1H3. The number of ether oxygens (including phenoxy) is 1. The fraction of sp³-hybridized carbons (Fsp3) is 0.0588. The van der Waals surface area contributed by atoms with Gasteiger partial charge in [0.15, 0.2) is 5.78 Å². The maximum Gasteiger partial charge on any atom is 0.336 e. The number of esters is 1. The van der Waals surface area contributed by atoms with Gasteiger partial charge in [0.25, 0.3) is 5.69 Å². The minimum atomic E-state index is -0.618. The van der Waals surface area contributed by atoms with E-state index in [1.54, 1.807) is 18.2 Å². The molecule has 0 aliphatic carbocycles. The molecule has 2 aromatic rings. The zero-order valence-corrected chi connectivity index (χ0v) is 12.3. The van der Waals surface area contributed by atoms with E-state index in [1.165, 1.54) is 49.4 Å². The van der Waals surface area contributed by atoms with Crippen LogP contribution in [0.3, 0.4) is 0 Å². The van der Waals surface area contributed by atoms with E-state index in [4.69, 9.17) is 4.74 Å². The first kappa shape index (κ1) is 16.1. The Balaban J connectivity index is 2.02. The zero-order valence-electron chi connectivity index (χ0n) is 12.3. The number of hydrogen-bond donors (Lipinski definition) is 0. The number of Topliss-reactive ketones (excluding diaryl/α,β-unsaturated/α-hetero) is 1. The number of non-ortho nitro benzene ring substituents is 1. The lowest BCUT2D eigenvalue weighted by atomic mass is 10.1. The van der Waals surface area contributed by atoms with E-state index in [0.29, 0.717) is 16.9 Å². The van der Waals surface area contributed by atoms with E-state index >= 15 is 0 Å². The summed E-state index contributed by atoms with van der Waals surface area (Å²) in [5.41, 5.74) is 0.986. The van der Waals surface area contributed by atoms with Crippen molar-refractivity contribution >= 4 is 23.5 Å². The first-order valence-corrected chi connectivity index (χ1v) is 6.71. The Morgan fingerprint density at radius 1 is 1.13 bits per heavy atom. The molecule has 116 valence electrons. The molecule has 0 unspecified atom stereocenters. The van der Waals surface area contributed by atoms with Gasteiger partial charge in [-0.3, -0.25) is 14.9 Å². The maximum atomic E-state index is 11.7. The van der Waals surface area contributed by atoms with E-state index in [-0.39, 0.29) is 11.5 Å². The Morgan fingerprint density at radius 3 is 2.43 bits per heavy atom. The van der Waals surface area contributed by atoms with Crippen LogP contribution in [0.5, 0.6) is 5.75 Å². The van der Waals surface area contributed by atoms with Gasteiger partial charge in [-0.05, 0) is 42.8 Å². The van der Waals surface area contributed by atoms with Crippen LogP contribution in [0.4, 0.5) is 5.69 Å². The molecule has 0 aliphatic rings. The van der Waals surface area contributed by atoms with E-state index < -0.39 is 10.9 Å². The van der Waals surface area contributed by atoms with Crippen molar-refractivity contribution < 1.29 is 19.2 Å². The first-order chi connectivity index (χ1) is 11.0. The molecule has 0 heterocycles. The number of nitrogens with zero attached hydrogens (tertiary/aromatic N) is 1. The van der Waals surface area contributed by atoms with E-state index in [9.17, 15) is 19.7 Å². The minimum Gasteiger partial charge on any atom is -0.423 e. The van der Waals surface area contributed by atoms with Crippen LogP contribution in [0.25, 0.3) is 6.08 Å². The second-order valence-corrected chi connectivity index (χ2v) is 4.69. The molecular formula is C17H13NO5. The summed E-state index contributed by atoms with van der Waals surface area (Å²) in [5, 5.41) is 10.7. The largest absolute Gasteiger partial charge is 0.423 e. The fourth-order valence-corrected chi connectivity index (χ4v) is 1.81. The van der Waals surface area contributed by atoms with Crippen molar-refractivity contribution in [3.8, 4) is 5.75 Å². The van der Waals surface area contributed by atoms with Gasteiger partial charge in [-0.25, -0.2) is 4.79 Å².